The molecule has 2 N–H and O–H groups in total. The van der Waals surface area contributed by atoms with Gasteiger partial charge in [-0.25, -0.2) is 4.39 Å². The maximum absolute atomic E-state index is 13.2. The molecule has 6 heteroatoms. The summed E-state index contributed by atoms with van der Waals surface area (Å²) in [5, 5.41) is 17.0. The number of nitrogens with one attached hydrogen (secondary N) is 2. The van der Waals surface area contributed by atoms with Crippen LogP contribution in [0.3, 0.4) is 0 Å². The maximum atomic E-state index is 13.2. The summed E-state index contributed by atoms with van der Waals surface area (Å²) in [6.07, 6.45) is 3.28. The van der Waals surface area contributed by atoms with Crippen LogP contribution in [0.15, 0.2) is 18.2 Å². The molecule has 1 aromatic carbocycles. The average Bonchev–Trinajstić information content (AvgIpc) is 2.81. The highest BCUT2D eigenvalue weighted by Crippen LogP contribution is 2.20. The SMILES string of the molecule is O=[N+]([O-])c1cc(F)cc(NCC[C@@H]2CCCN2)c1. The van der Waals surface area contributed by atoms with Crippen molar-refractivity contribution in [1.29, 1.82) is 0 Å². The Hall–Kier alpha value is -1.69. The van der Waals surface area contributed by atoms with Gasteiger partial charge in [-0.2, -0.15) is 0 Å². The van der Waals surface area contributed by atoms with Crippen molar-refractivity contribution in [3.8, 4) is 0 Å². The molecule has 0 saturated carbocycles. The number of non-ortho nitro benzene ring substituents is 1. The highest BCUT2D eigenvalue weighted by atomic mass is 19.1. The molecule has 1 fully saturated rings. The second kappa shape index (κ2) is 5.77. The maximum Gasteiger partial charge on any atom is 0.274 e. The molecule has 0 bridgehead atoms. The number of halogens is 1. The van der Waals surface area contributed by atoms with Gasteiger partial charge in [0, 0.05) is 24.3 Å². The molecule has 1 aliphatic heterocycles. The van der Waals surface area contributed by atoms with E-state index in [2.05, 4.69) is 10.6 Å². The minimum atomic E-state index is -0.592. The van der Waals surface area contributed by atoms with E-state index in [4.69, 9.17) is 0 Å². The minimum Gasteiger partial charge on any atom is -0.385 e. The first-order chi connectivity index (χ1) is 8.65. The first kappa shape index (κ1) is 12.8. The largest absolute Gasteiger partial charge is 0.385 e. The van der Waals surface area contributed by atoms with Gasteiger partial charge in [0.15, 0.2) is 0 Å². The van der Waals surface area contributed by atoms with Crippen LogP contribution in [0.1, 0.15) is 19.3 Å². The van der Waals surface area contributed by atoms with E-state index in [-0.39, 0.29) is 5.69 Å². The van der Waals surface area contributed by atoms with E-state index < -0.39 is 10.7 Å². The second-order valence-electron chi connectivity index (χ2n) is 4.46. The lowest BCUT2D eigenvalue weighted by Crippen LogP contribution is -2.24. The normalized spacial score (nSPS) is 18.8. The van der Waals surface area contributed by atoms with Gasteiger partial charge in [0.2, 0.25) is 0 Å². The zero-order chi connectivity index (χ0) is 13.0. The summed E-state index contributed by atoms with van der Waals surface area (Å²) in [5.41, 5.74) is 0.233. The molecular weight excluding hydrogens is 237 g/mol. The fourth-order valence-corrected chi connectivity index (χ4v) is 2.18. The van der Waals surface area contributed by atoms with Gasteiger partial charge < -0.3 is 10.6 Å². The molecular formula is C12H16FN3O2. The summed E-state index contributed by atoms with van der Waals surface area (Å²) in [4.78, 5) is 10.00. The number of hydrogen-bond donors (Lipinski definition) is 2. The van der Waals surface area contributed by atoms with Gasteiger partial charge in [-0.15, -0.1) is 0 Å². The van der Waals surface area contributed by atoms with E-state index in [9.17, 15) is 14.5 Å². The van der Waals surface area contributed by atoms with E-state index in [0.717, 1.165) is 25.5 Å². The zero-order valence-corrected chi connectivity index (χ0v) is 9.99. The number of rotatable bonds is 5. The van der Waals surface area contributed by atoms with Crippen LogP contribution in [0.4, 0.5) is 15.8 Å². The lowest BCUT2D eigenvalue weighted by atomic mass is 10.1. The first-order valence-corrected chi connectivity index (χ1v) is 6.07. The van der Waals surface area contributed by atoms with Gasteiger partial charge >= 0.3 is 0 Å². The summed E-state index contributed by atoms with van der Waals surface area (Å²) in [6, 6.07) is 4.05. The van der Waals surface area contributed by atoms with Gasteiger partial charge in [-0.3, -0.25) is 10.1 Å². The van der Waals surface area contributed by atoms with Gasteiger partial charge in [0.25, 0.3) is 5.69 Å². The molecule has 1 atom stereocenters. The van der Waals surface area contributed by atoms with Gasteiger partial charge in [-0.1, -0.05) is 0 Å². The lowest BCUT2D eigenvalue weighted by molar-refractivity contribution is -0.385. The summed E-state index contributed by atoms with van der Waals surface area (Å²) in [5.74, 6) is -0.592. The van der Waals surface area contributed by atoms with E-state index in [1.165, 1.54) is 18.6 Å². The molecule has 18 heavy (non-hydrogen) atoms. The molecule has 1 heterocycles. The van der Waals surface area contributed by atoms with Crippen molar-refractivity contribution in [3.63, 3.8) is 0 Å². The Morgan fingerprint density at radius 1 is 1.50 bits per heavy atom. The Bertz CT molecular complexity index is 433. The quantitative estimate of drug-likeness (QED) is 0.624. The van der Waals surface area contributed by atoms with E-state index >= 15 is 0 Å². The summed E-state index contributed by atoms with van der Waals surface area (Å²) in [6.45, 7) is 1.73. The Labute approximate surface area is 105 Å². The molecule has 0 aliphatic carbocycles. The van der Waals surface area contributed by atoms with Crippen LogP contribution >= 0.6 is 0 Å². The van der Waals surface area contributed by atoms with Crippen molar-refractivity contribution < 1.29 is 9.31 Å². The summed E-state index contributed by atoms with van der Waals surface area (Å²) < 4.78 is 13.2. The number of benzene rings is 1. The van der Waals surface area contributed by atoms with E-state index in [0.29, 0.717) is 18.3 Å². The summed E-state index contributed by atoms with van der Waals surface area (Å²) >= 11 is 0. The van der Waals surface area contributed by atoms with Crippen LogP contribution in [0.5, 0.6) is 0 Å². The molecule has 5 nitrogen and oxygen atoms in total. The highest BCUT2D eigenvalue weighted by molar-refractivity contribution is 5.51. The number of anilines is 1. The van der Waals surface area contributed by atoms with Crippen LogP contribution in [-0.4, -0.2) is 24.1 Å². The Balaban J connectivity index is 1.89. The third-order valence-corrected chi connectivity index (χ3v) is 3.08. The van der Waals surface area contributed by atoms with Crippen LogP contribution in [-0.2, 0) is 0 Å². The smallest absolute Gasteiger partial charge is 0.274 e. The Kier molecular flexibility index (Phi) is 4.09. The minimum absolute atomic E-state index is 0.225. The van der Waals surface area contributed by atoms with Gasteiger partial charge in [0.05, 0.1) is 11.0 Å². The molecule has 2 rings (SSSR count). The average molecular weight is 253 g/mol. The monoisotopic (exact) mass is 253 g/mol. The first-order valence-electron chi connectivity index (χ1n) is 6.07. The van der Waals surface area contributed by atoms with Crippen molar-refractivity contribution in [2.24, 2.45) is 0 Å². The van der Waals surface area contributed by atoms with Crippen LogP contribution < -0.4 is 10.6 Å². The van der Waals surface area contributed by atoms with Crippen molar-refractivity contribution in [3.05, 3.63) is 34.1 Å². The Morgan fingerprint density at radius 2 is 2.33 bits per heavy atom. The van der Waals surface area contributed by atoms with E-state index in [1.807, 2.05) is 0 Å². The van der Waals surface area contributed by atoms with Crippen LogP contribution in [0.2, 0.25) is 0 Å². The Morgan fingerprint density at radius 3 is 3.00 bits per heavy atom. The number of nitro benzene ring substituents is 1. The van der Waals surface area contributed by atoms with Crippen molar-refractivity contribution in [2.75, 3.05) is 18.4 Å². The molecule has 98 valence electrons. The predicted molar refractivity (Wildman–Crippen MR) is 67.2 cm³/mol. The molecule has 0 amide bonds. The van der Waals surface area contributed by atoms with Crippen LogP contribution in [0.25, 0.3) is 0 Å². The lowest BCUT2D eigenvalue weighted by Gasteiger charge is -2.11. The highest BCUT2D eigenvalue weighted by Gasteiger charge is 2.14. The van der Waals surface area contributed by atoms with Crippen molar-refractivity contribution >= 4 is 11.4 Å². The number of hydrogen-bond acceptors (Lipinski definition) is 4. The molecule has 0 radical (unpaired) electrons. The summed E-state index contributed by atoms with van der Waals surface area (Å²) in [7, 11) is 0. The molecule has 0 spiro atoms. The van der Waals surface area contributed by atoms with Crippen LogP contribution in [0, 0.1) is 15.9 Å². The zero-order valence-electron chi connectivity index (χ0n) is 9.99. The van der Waals surface area contributed by atoms with E-state index in [1.54, 1.807) is 0 Å². The molecule has 1 aromatic rings. The molecule has 0 unspecified atom stereocenters. The van der Waals surface area contributed by atoms with Gasteiger partial charge in [-0.05, 0) is 31.9 Å². The number of nitrogens with zero attached hydrogens (tertiary/aromatic N) is 1. The number of nitro groups is 1. The fourth-order valence-electron chi connectivity index (χ4n) is 2.18. The third kappa shape index (κ3) is 3.40. The fraction of sp³-hybridized carbons (Fsp3) is 0.500. The second-order valence-corrected chi connectivity index (χ2v) is 4.46. The van der Waals surface area contributed by atoms with Crippen molar-refractivity contribution in [1.82, 2.24) is 5.32 Å². The molecule has 1 saturated heterocycles. The molecule has 1 aliphatic rings. The van der Waals surface area contributed by atoms with Crippen molar-refractivity contribution in [2.45, 2.75) is 25.3 Å². The third-order valence-electron chi connectivity index (χ3n) is 3.08. The molecule has 0 aromatic heterocycles. The standard InChI is InChI=1S/C12H16FN3O2/c13-9-6-11(8-12(7-9)16(17)18)15-5-3-10-2-1-4-14-10/h6-8,10,14-15H,1-5H2/t10-/m0/s1. The topological polar surface area (TPSA) is 67.2 Å². The van der Waals surface area contributed by atoms with Gasteiger partial charge in [0.1, 0.15) is 5.82 Å². The predicted octanol–water partition coefficient (Wildman–Crippen LogP) is 2.29.